The number of carbonyl (C=O) groups is 1. The summed E-state index contributed by atoms with van der Waals surface area (Å²) in [6.45, 7) is 0. The summed E-state index contributed by atoms with van der Waals surface area (Å²) in [4.78, 5) is 16.2. The Kier molecular flexibility index (Phi) is 2.83. The Bertz CT molecular complexity index is 1010. The van der Waals surface area contributed by atoms with Gasteiger partial charge in [0, 0.05) is 10.9 Å². The van der Waals surface area contributed by atoms with Gasteiger partial charge >= 0.3 is 0 Å². The van der Waals surface area contributed by atoms with E-state index in [0.717, 1.165) is 33.6 Å². The minimum absolute atomic E-state index is 0.537. The SMILES string of the molecule is Bc1c(C=O)c2oc(-c3ccccc3)nc2c2ccccc12. The zero-order chi connectivity index (χ0) is 15.1. The molecule has 3 nitrogen and oxygen atoms in total. The molecule has 0 saturated heterocycles. The number of oxazole rings is 1. The van der Waals surface area contributed by atoms with E-state index in [1.807, 2.05) is 62.4 Å². The molecule has 0 aliphatic carbocycles. The number of rotatable bonds is 2. The molecule has 0 fully saturated rings. The van der Waals surface area contributed by atoms with Crippen LogP contribution >= 0.6 is 0 Å². The maximum Gasteiger partial charge on any atom is 0.227 e. The summed E-state index contributed by atoms with van der Waals surface area (Å²) in [5, 5.41) is 2.04. The van der Waals surface area contributed by atoms with Crippen LogP contribution in [0.1, 0.15) is 10.4 Å². The van der Waals surface area contributed by atoms with E-state index in [-0.39, 0.29) is 0 Å². The quantitative estimate of drug-likeness (QED) is 0.420. The van der Waals surface area contributed by atoms with Crippen LogP contribution in [0.3, 0.4) is 0 Å². The smallest absolute Gasteiger partial charge is 0.227 e. The molecule has 1 aromatic heterocycles. The summed E-state index contributed by atoms with van der Waals surface area (Å²) in [5.74, 6) is 0.537. The monoisotopic (exact) mass is 285 g/mol. The van der Waals surface area contributed by atoms with Crippen LogP contribution < -0.4 is 5.46 Å². The lowest BCUT2D eigenvalue weighted by molar-refractivity contribution is 0.112. The maximum absolute atomic E-state index is 11.5. The molecule has 3 aromatic carbocycles. The van der Waals surface area contributed by atoms with Crippen LogP contribution in [-0.4, -0.2) is 19.1 Å². The fourth-order valence-corrected chi connectivity index (χ4v) is 2.86. The average Bonchev–Trinajstić information content (AvgIpc) is 3.01. The molecule has 0 spiro atoms. The summed E-state index contributed by atoms with van der Waals surface area (Å²) in [6.07, 6.45) is 0.851. The van der Waals surface area contributed by atoms with Crippen LogP contribution in [0.5, 0.6) is 0 Å². The van der Waals surface area contributed by atoms with Gasteiger partial charge in [0.15, 0.2) is 11.9 Å². The molecule has 104 valence electrons. The lowest BCUT2D eigenvalue weighted by atomic mass is 9.85. The average molecular weight is 285 g/mol. The predicted molar refractivity (Wildman–Crippen MR) is 90.5 cm³/mol. The van der Waals surface area contributed by atoms with E-state index < -0.39 is 0 Å². The van der Waals surface area contributed by atoms with Gasteiger partial charge in [-0.3, -0.25) is 4.79 Å². The highest BCUT2D eigenvalue weighted by molar-refractivity contribution is 6.44. The van der Waals surface area contributed by atoms with Crippen LogP contribution in [0.2, 0.25) is 0 Å². The fraction of sp³-hybridized carbons (Fsp3) is 0. The highest BCUT2D eigenvalue weighted by Gasteiger charge is 2.17. The molecular formula is C18H12BNO2. The van der Waals surface area contributed by atoms with Crippen LogP contribution in [0.4, 0.5) is 0 Å². The second-order valence-corrected chi connectivity index (χ2v) is 5.26. The topological polar surface area (TPSA) is 43.1 Å². The number of hydrogen-bond donors (Lipinski definition) is 0. The van der Waals surface area contributed by atoms with E-state index in [1.165, 1.54) is 0 Å². The minimum atomic E-state index is 0.537. The van der Waals surface area contributed by atoms with Crippen LogP contribution in [0, 0.1) is 0 Å². The Morgan fingerprint density at radius 1 is 0.955 bits per heavy atom. The molecule has 0 unspecified atom stereocenters. The first-order chi connectivity index (χ1) is 10.8. The molecular weight excluding hydrogens is 273 g/mol. The molecule has 0 atom stereocenters. The first-order valence-electron chi connectivity index (χ1n) is 7.12. The summed E-state index contributed by atoms with van der Waals surface area (Å²) in [7, 11) is 1.94. The van der Waals surface area contributed by atoms with E-state index in [9.17, 15) is 4.79 Å². The van der Waals surface area contributed by atoms with Gasteiger partial charge in [0.25, 0.3) is 0 Å². The Hall–Kier alpha value is -2.88. The van der Waals surface area contributed by atoms with Gasteiger partial charge < -0.3 is 4.42 Å². The van der Waals surface area contributed by atoms with Gasteiger partial charge in [0.2, 0.25) is 5.89 Å². The van der Waals surface area contributed by atoms with Crippen molar-refractivity contribution in [2.75, 3.05) is 0 Å². The van der Waals surface area contributed by atoms with E-state index in [4.69, 9.17) is 4.42 Å². The van der Waals surface area contributed by atoms with Gasteiger partial charge in [-0.05, 0) is 17.5 Å². The van der Waals surface area contributed by atoms with Crippen LogP contribution in [-0.2, 0) is 0 Å². The molecule has 0 aliphatic heterocycles. The molecule has 0 N–H and O–H groups in total. The number of hydrogen-bond acceptors (Lipinski definition) is 3. The Balaban J connectivity index is 2.15. The van der Waals surface area contributed by atoms with E-state index in [0.29, 0.717) is 17.0 Å². The molecule has 0 saturated carbocycles. The molecule has 0 radical (unpaired) electrons. The number of carbonyl (C=O) groups excluding carboxylic acids is 1. The van der Waals surface area contributed by atoms with E-state index in [2.05, 4.69) is 4.98 Å². The fourth-order valence-electron chi connectivity index (χ4n) is 2.86. The number of nitrogens with zero attached hydrogens (tertiary/aromatic N) is 1. The number of fused-ring (bicyclic) bond motifs is 3. The van der Waals surface area contributed by atoms with Gasteiger partial charge in [-0.1, -0.05) is 47.9 Å². The van der Waals surface area contributed by atoms with Crippen molar-refractivity contribution in [3.63, 3.8) is 0 Å². The Morgan fingerprint density at radius 2 is 1.64 bits per heavy atom. The van der Waals surface area contributed by atoms with Crippen molar-refractivity contribution in [2.24, 2.45) is 0 Å². The summed E-state index contributed by atoms with van der Waals surface area (Å²) < 4.78 is 5.92. The molecule has 22 heavy (non-hydrogen) atoms. The maximum atomic E-state index is 11.5. The molecule has 1 heterocycles. The second kappa shape index (κ2) is 4.84. The third kappa shape index (κ3) is 1.77. The van der Waals surface area contributed by atoms with Crippen LogP contribution in [0.25, 0.3) is 33.3 Å². The molecule has 4 heteroatoms. The van der Waals surface area contributed by atoms with Crippen molar-refractivity contribution in [3.05, 3.63) is 60.2 Å². The van der Waals surface area contributed by atoms with Crippen molar-refractivity contribution >= 4 is 41.5 Å². The number of benzene rings is 3. The standard InChI is InChI=1S/C18H12BNO2/c19-15-12-8-4-5-9-13(12)16-17(14(15)10-21)22-18(20-16)11-6-2-1-3-7-11/h1-10H,19H2. The van der Waals surface area contributed by atoms with Crippen molar-refractivity contribution in [1.82, 2.24) is 4.98 Å². The van der Waals surface area contributed by atoms with Gasteiger partial charge in [0.1, 0.15) is 13.4 Å². The summed E-state index contributed by atoms with van der Waals surface area (Å²) in [6, 6.07) is 17.7. The van der Waals surface area contributed by atoms with Gasteiger partial charge in [-0.15, -0.1) is 0 Å². The van der Waals surface area contributed by atoms with Crippen molar-refractivity contribution in [3.8, 4) is 11.5 Å². The highest BCUT2D eigenvalue weighted by Crippen LogP contribution is 2.30. The predicted octanol–water partition coefficient (Wildman–Crippen LogP) is 2.72. The van der Waals surface area contributed by atoms with Crippen molar-refractivity contribution in [1.29, 1.82) is 0 Å². The Labute approximate surface area is 128 Å². The number of aromatic nitrogens is 1. The van der Waals surface area contributed by atoms with Gasteiger partial charge in [-0.2, -0.15) is 0 Å². The summed E-state index contributed by atoms with van der Waals surface area (Å²) >= 11 is 0. The third-order valence-corrected chi connectivity index (χ3v) is 4.00. The molecule has 0 aliphatic rings. The molecule has 4 rings (SSSR count). The lowest BCUT2D eigenvalue weighted by Crippen LogP contribution is -2.11. The van der Waals surface area contributed by atoms with Crippen molar-refractivity contribution < 1.29 is 9.21 Å². The molecule has 0 bridgehead atoms. The normalized spacial score (nSPS) is 11.1. The summed E-state index contributed by atoms with van der Waals surface area (Å²) in [5.41, 5.74) is 3.70. The van der Waals surface area contributed by atoms with E-state index >= 15 is 0 Å². The Morgan fingerprint density at radius 3 is 2.36 bits per heavy atom. The van der Waals surface area contributed by atoms with E-state index in [1.54, 1.807) is 0 Å². The highest BCUT2D eigenvalue weighted by atomic mass is 16.3. The third-order valence-electron chi connectivity index (χ3n) is 4.00. The largest absolute Gasteiger partial charge is 0.435 e. The van der Waals surface area contributed by atoms with Gasteiger partial charge in [0.05, 0.1) is 5.56 Å². The molecule has 0 amide bonds. The lowest BCUT2D eigenvalue weighted by Gasteiger charge is -2.05. The van der Waals surface area contributed by atoms with Crippen LogP contribution in [0.15, 0.2) is 59.0 Å². The second-order valence-electron chi connectivity index (χ2n) is 5.26. The zero-order valence-corrected chi connectivity index (χ0v) is 12.0. The number of aldehydes is 1. The first kappa shape index (κ1) is 12.8. The molecule has 4 aromatic rings. The van der Waals surface area contributed by atoms with Crippen molar-refractivity contribution in [2.45, 2.75) is 0 Å². The first-order valence-corrected chi connectivity index (χ1v) is 7.12. The zero-order valence-electron chi connectivity index (χ0n) is 12.0. The van der Waals surface area contributed by atoms with Gasteiger partial charge in [-0.25, -0.2) is 4.98 Å². The minimum Gasteiger partial charge on any atom is -0.435 e.